The summed E-state index contributed by atoms with van der Waals surface area (Å²) in [6.07, 6.45) is 0. The first kappa shape index (κ1) is 11.0. The van der Waals surface area contributed by atoms with Crippen LogP contribution >= 0.6 is 0 Å². The van der Waals surface area contributed by atoms with E-state index in [1.54, 1.807) is 0 Å². The van der Waals surface area contributed by atoms with Crippen LogP contribution in [0.15, 0.2) is 0 Å². The Morgan fingerprint density at radius 1 is 1.50 bits per heavy atom. The molecule has 1 heterocycles. The van der Waals surface area contributed by atoms with Gasteiger partial charge >= 0.3 is 0 Å². The average Bonchev–Trinajstić information content (AvgIpc) is 2.39. The van der Waals surface area contributed by atoms with Crippen molar-refractivity contribution in [3.63, 3.8) is 0 Å². The zero-order valence-corrected chi connectivity index (χ0v) is 9.37. The van der Waals surface area contributed by atoms with Crippen molar-refractivity contribution in [1.82, 2.24) is 9.78 Å². The van der Waals surface area contributed by atoms with Gasteiger partial charge in [-0.1, -0.05) is 6.92 Å². The largest absolute Gasteiger partial charge is 0.489 e. The number of aryl methyl sites for hydroxylation is 2. The van der Waals surface area contributed by atoms with Gasteiger partial charge in [0.1, 0.15) is 5.69 Å². The number of nitrogens with two attached hydrogens (primary N) is 1. The van der Waals surface area contributed by atoms with Crippen LogP contribution in [-0.4, -0.2) is 22.9 Å². The Morgan fingerprint density at radius 3 is 2.57 bits per heavy atom. The van der Waals surface area contributed by atoms with Crippen molar-refractivity contribution in [1.29, 1.82) is 0 Å². The molecule has 1 atom stereocenters. The van der Waals surface area contributed by atoms with Gasteiger partial charge in [-0.15, -0.1) is 0 Å². The van der Waals surface area contributed by atoms with Crippen LogP contribution in [0.1, 0.15) is 18.3 Å². The van der Waals surface area contributed by atoms with Crippen LogP contribution < -0.4 is 10.5 Å². The Hall–Kier alpha value is -1.03. The Morgan fingerprint density at radius 2 is 2.14 bits per heavy atom. The summed E-state index contributed by atoms with van der Waals surface area (Å²) < 4.78 is 7.51. The van der Waals surface area contributed by atoms with E-state index in [2.05, 4.69) is 12.0 Å². The Kier molecular flexibility index (Phi) is 3.52. The lowest BCUT2D eigenvalue weighted by Gasteiger charge is -2.10. The Balaban J connectivity index is 2.67. The normalized spacial score (nSPS) is 12.9. The molecule has 0 aliphatic rings. The maximum atomic E-state index is 5.68. The summed E-state index contributed by atoms with van der Waals surface area (Å²) in [6, 6.07) is 0. The predicted octanol–water partition coefficient (Wildman–Crippen LogP) is 1.01. The minimum Gasteiger partial charge on any atom is -0.489 e. The zero-order chi connectivity index (χ0) is 10.7. The van der Waals surface area contributed by atoms with Gasteiger partial charge < -0.3 is 10.5 Å². The van der Waals surface area contributed by atoms with Crippen molar-refractivity contribution < 1.29 is 4.74 Å². The SMILES string of the molecule is Cc1nn(C)c(C)c1OCC(C)CN. The second kappa shape index (κ2) is 4.46. The summed E-state index contributed by atoms with van der Waals surface area (Å²) in [5, 5.41) is 4.27. The van der Waals surface area contributed by atoms with Crippen LogP contribution in [0.25, 0.3) is 0 Å². The maximum Gasteiger partial charge on any atom is 0.162 e. The quantitative estimate of drug-likeness (QED) is 0.783. The van der Waals surface area contributed by atoms with Crippen LogP contribution in [-0.2, 0) is 7.05 Å². The van der Waals surface area contributed by atoms with E-state index in [-0.39, 0.29) is 0 Å². The molecule has 0 amide bonds. The van der Waals surface area contributed by atoms with Crippen molar-refractivity contribution in [3.05, 3.63) is 11.4 Å². The lowest BCUT2D eigenvalue weighted by molar-refractivity contribution is 0.260. The molecule has 0 aromatic carbocycles. The van der Waals surface area contributed by atoms with Gasteiger partial charge in [0.15, 0.2) is 5.75 Å². The summed E-state index contributed by atoms with van der Waals surface area (Å²) >= 11 is 0. The molecule has 14 heavy (non-hydrogen) atoms. The second-order valence-corrected chi connectivity index (χ2v) is 3.78. The monoisotopic (exact) mass is 197 g/mol. The summed E-state index contributed by atoms with van der Waals surface area (Å²) in [5.41, 5.74) is 7.52. The van der Waals surface area contributed by atoms with Crippen molar-refractivity contribution in [2.75, 3.05) is 13.2 Å². The maximum absolute atomic E-state index is 5.68. The fraction of sp³-hybridized carbons (Fsp3) is 0.700. The molecule has 1 aromatic heterocycles. The number of hydrogen-bond acceptors (Lipinski definition) is 3. The van der Waals surface area contributed by atoms with Crippen LogP contribution in [0.5, 0.6) is 5.75 Å². The first-order valence-corrected chi connectivity index (χ1v) is 4.89. The minimum absolute atomic E-state index is 0.383. The molecule has 0 aliphatic heterocycles. The molecule has 0 saturated heterocycles. The van der Waals surface area contributed by atoms with E-state index in [0.29, 0.717) is 19.1 Å². The van der Waals surface area contributed by atoms with Crippen LogP contribution in [0.2, 0.25) is 0 Å². The lowest BCUT2D eigenvalue weighted by Crippen LogP contribution is -2.18. The van der Waals surface area contributed by atoms with Gasteiger partial charge in [0.05, 0.1) is 12.3 Å². The number of aromatic nitrogens is 2. The van der Waals surface area contributed by atoms with E-state index in [4.69, 9.17) is 10.5 Å². The van der Waals surface area contributed by atoms with Gasteiger partial charge in [-0.25, -0.2) is 0 Å². The van der Waals surface area contributed by atoms with E-state index in [0.717, 1.165) is 17.1 Å². The van der Waals surface area contributed by atoms with Crippen molar-refractivity contribution in [2.24, 2.45) is 18.7 Å². The molecule has 0 spiro atoms. The third-order valence-electron chi connectivity index (χ3n) is 2.36. The molecule has 1 unspecified atom stereocenters. The predicted molar refractivity (Wildman–Crippen MR) is 56.4 cm³/mol. The summed E-state index contributed by atoms with van der Waals surface area (Å²) in [4.78, 5) is 0. The summed E-state index contributed by atoms with van der Waals surface area (Å²) in [6.45, 7) is 7.33. The Labute approximate surface area is 85.0 Å². The lowest BCUT2D eigenvalue weighted by atomic mass is 10.2. The third-order valence-corrected chi connectivity index (χ3v) is 2.36. The van der Waals surface area contributed by atoms with E-state index in [9.17, 15) is 0 Å². The number of rotatable bonds is 4. The first-order chi connectivity index (χ1) is 6.56. The van der Waals surface area contributed by atoms with E-state index >= 15 is 0 Å². The van der Waals surface area contributed by atoms with E-state index in [1.807, 2.05) is 25.6 Å². The van der Waals surface area contributed by atoms with Crippen LogP contribution in [0.3, 0.4) is 0 Å². The molecular formula is C10H19N3O. The third kappa shape index (κ3) is 2.26. The highest BCUT2D eigenvalue weighted by Crippen LogP contribution is 2.21. The van der Waals surface area contributed by atoms with Crippen molar-refractivity contribution in [3.8, 4) is 5.75 Å². The van der Waals surface area contributed by atoms with Gasteiger partial charge in [0, 0.05) is 13.0 Å². The molecule has 1 rings (SSSR count). The molecule has 80 valence electrons. The average molecular weight is 197 g/mol. The molecule has 0 radical (unpaired) electrons. The highest BCUT2D eigenvalue weighted by Gasteiger charge is 2.11. The molecule has 0 bridgehead atoms. The number of ether oxygens (including phenoxy) is 1. The van der Waals surface area contributed by atoms with Crippen LogP contribution in [0, 0.1) is 19.8 Å². The molecular weight excluding hydrogens is 178 g/mol. The highest BCUT2D eigenvalue weighted by molar-refractivity contribution is 5.31. The van der Waals surface area contributed by atoms with Gasteiger partial charge in [0.25, 0.3) is 0 Å². The fourth-order valence-electron chi connectivity index (χ4n) is 1.26. The zero-order valence-electron chi connectivity index (χ0n) is 9.37. The van der Waals surface area contributed by atoms with Gasteiger partial charge in [-0.2, -0.15) is 5.10 Å². The molecule has 0 aliphatic carbocycles. The van der Waals surface area contributed by atoms with E-state index in [1.165, 1.54) is 0 Å². The van der Waals surface area contributed by atoms with Gasteiger partial charge in [-0.05, 0) is 20.4 Å². The molecule has 4 nitrogen and oxygen atoms in total. The first-order valence-electron chi connectivity index (χ1n) is 4.89. The van der Waals surface area contributed by atoms with E-state index < -0.39 is 0 Å². The molecule has 2 N–H and O–H groups in total. The molecule has 0 fully saturated rings. The van der Waals surface area contributed by atoms with Crippen molar-refractivity contribution >= 4 is 0 Å². The standard InChI is InChI=1S/C10H19N3O/c1-7(5-11)6-14-10-8(2)12-13(4)9(10)3/h7H,5-6,11H2,1-4H3. The number of hydrogen-bond donors (Lipinski definition) is 1. The number of nitrogens with zero attached hydrogens (tertiary/aromatic N) is 2. The molecule has 1 aromatic rings. The molecule has 0 saturated carbocycles. The second-order valence-electron chi connectivity index (χ2n) is 3.78. The van der Waals surface area contributed by atoms with Crippen LogP contribution in [0.4, 0.5) is 0 Å². The van der Waals surface area contributed by atoms with Gasteiger partial charge in [0.2, 0.25) is 0 Å². The highest BCUT2D eigenvalue weighted by atomic mass is 16.5. The van der Waals surface area contributed by atoms with Crippen molar-refractivity contribution in [2.45, 2.75) is 20.8 Å². The fourth-order valence-corrected chi connectivity index (χ4v) is 1.26. The summed E-state index contributed by atoms with van der Waals surface area (Å²) in [7, 11) is 1.92. The topological polar surface area (TPSA) is 53.1 Å². The summed E-state index contributed by atoms with van der Waals surface area (Å²) in [5.74, 6) is 1.28. The minimum atomic E-state index is 0.383. The Bertz CT molecular complexity index is 307. The van der Waals surface area contributed by atoms with Gasteiger partial charge in [-0.3, -0.25) is 4.68 Å². The smallest absolute Gasteiger partial charge is 0.162 e. The molecule has 4 heteroatoms.